The number of halogens is 1. The number of carbonyl (C=O) groups excluding carboxylic acids is 2. The Morgan fingerprint density at radius 3 is 2.42 bits per heavy atom. The van der Waals surface area contributed by atoms with Crippen molar-refractivity contribution < 1.29 is 22.7 Å². The predicted molar refractivity (Wildman–Crippen MR) is 138 cm³/mol. The van der Waals surface area contributed by atoms with Gasteiger partial charge in [-0.1, -0.05) is 42.8 Å². The number of rotatable bonds is 8. The number of ether oxygens (including phenoxy) is 1. The molecular weight excluding hydrogens is 500 g/mol. The molecule has 7 nitrogen and oxygen atoms in total. The van der Waals surface area contributed by atoms with E-state index in [9.17, 15) is 18.0 Å². The second-order valence-electron chi connectivity index (χ2n) is 8.81. The fourth-order valence-electron chi connectivity index (χ4n) is 4.54. The molecule has 9 heteroatoms. The van der Waals surface area contributed by atoms with Crippen molar-refractivity contribution in [2.75, 3.05) is 24.8 Å². The van der Waals surface area contributed by atoms with Crippen LogP contribution >= 0.6 is 11.6 Å². The number of nitrogens with zero attached hydrogens (tertiary/aromatic N) is 1. The summed E-state index contributed by atoms with van der Waals surface area (Å²) in [5.41, 5.74) is 1.85. The van der Waals surface area contributed by atoms with Gasteiger partial charge in [0.25, 0.3) is 0 Å². The number of sulfone groups is 1. The van der Waals surface area contributed by atoms with Crippen LogP contribution in [-0.2, 0) is 37.6 Å². The van der Waals surface area contributed by atoms with Crippen molar-refractivity contribution in [2.45, 2.75) is 36.5 Å². The van der Waals surface area contributed by atoms with Gasteiger partial charge in [0.05, 0.1) is 34.8 Å². The van der Waals surface area contributed by atoms with Crippen LogP contribution in [0.5, 0.6) is 0 Å². The standard InChI is InChI=1S/C27H27ClN2O5S/c1-3-36(33,34)21-10-4-18(5-11-21)16-25(31)30-24-13-12-22-23(29-24)14-15-27(17-35-2,26(22)32)19-6-8-20(28)9-7-19/h4-13H,3,14-17H2,1-2H3,(H,29,30,31). The van der Waals surface area contributed by atoms with E-state index in [1.54, 1.807) is 50.4 Å². The van der Waals surface area contributed by atoms with Gasteiger partial charge in [0.2, 0.25) is 5.91 Å². The highest BCUT2D eigenvalue weighted by Gasteiger charge is 2.44. The van der Waals surface area contributed by atoms with Crippen LogP contribution in [0.2, 0.25) is 5.02 Å². The van der Waals surface area contributed by atoms with Crippen LogP contribution in [0.4, 0.5) is 5.82 Å². The molecule has 0 saturated carbocycles. The summed E-state index contributed by atoms with van der Waals surface area (Å²) >= 11 is 6.05. The molecule has 188 valence electrons. The molecule has 3 aromatic rings. The molecular formula is C27H27ClN2O5S. The molecule has 0 saturated heterocycles. The van der Waals surface area contributed by atoms with Gasteiger partial charge in [-0.3, -0.25) is 9.59 Å². The number of pyridine rings is 1. The Hall–Kier alpha value is -3.07. The number of carbonyl (C=O) groups is 2. The first-order valence-corrected chi connectivity index (χ1v) is 13.6. The third-order valence-corrected chi connectivity index (χ3v) is 8.53. The summed E-state index contributed by atoms with van der Waals surface area (Å²) in [4.78, 5) is 31.0. The third-order valence-electron chi connectivity index (χ3n) is 6.52. The van der Waals surface area contributed by atoms with Gasteiger partial charge in [-0.25, -0.2) is 13.4 Å². The number of aromatic nitrogens is 1. The molecule has 36 heavy (non-hydrogen) atoms. The summed E-state index contributed by atoms with van der Waals surface area (Å²) in [5, 5.41) is 3.37. The zero-order chi connectivity index (χ0) is 25.9. The maximum atomic E-state index is 13.6. The van der Waals surface area contributed by atoms with Crippen molar-refractivity contribution >= 4 is 38.9 Å². The van der Waals surface area contributed by atoms with E-state index < -0.39 is 15.3 Å². The molecule has 0 aliphatic heterocycles. The molecule has 1 aromatic heterocycles. The van der Waals surface area contributed by atoms with E-state index >= 15 is 0 Å². The van der Waals surface area contributed by atoms with Gasteiger partial charge < -0.3 is 10.1 Å². The van der Waals surface area contributed by atoms with Crippen LogP contribution in [0.3, 0.4) is 0 Å². The average molecular weight is 527 g/mol. The first kappa shape index (κ1) is 26.0. The molecule has 0 radical (unpaired) electrons. The Morgan fingerprint density at radius 2 is 1.78 bits per heavy atom. The molecule has 1 aliphatic rings. The molecule has 1 unspecified atom stereocenters. The molecule has 1 N–H and O–H groups in total. The van der Waals surface area contributed by atoms with Crippen molar-refractivity contribution in [3.8, 4) is 0 Å². The fourth-order valence-corrected chi connectivity index (χ4v) is 5.55. The minimum Gasteiger partial charge on any atom is -0.383 e. The lowest BCUT2D eigenvalue weighted by atomic mass is 9.68. The van der Waals surface area contributed by atoms with Gasteiger partial charge in [0.1, 0.15) is 5.82 Å². The maximum Gasteiger partial charge on any atom is 0.229 e. The van der Waals surface area contributed by atoms with Crippen molar-refractivity contribution in [3.05, 3.63) is 88.1 Å². The number of fused-ring (bicyclic) bond motifs is 1. The minimum atomic E-state index is -3.29. The van der Waals surface area contributed by atoms with E-state index in [1.165, 1.54) is 12.1 Å². The Morgan fingerprint density at radius 1 is 1.08 bits per heavy atom. The number of Topliss-reactive ketones (excluding diaryl/α,β-unsaturated/α-hetero) is 1. The zero-order valence-electron chi connectivity index (χ0n) is 20.1. The number of hydrogen-bond donors (Lipinski definition) is 1. The van der Waals surface area contributed by atoms with Gasteiger partial charge in [0.15, 0.2) is 15.6 Å². The third kappa shape index (κ3) is 5.21. The maximum absolute atomic E-state index is 13.6. The monoisotopic (exact) mass is 526 g/mol. The molecule has 1 atom stereocenters. The Balaban J connectivity index is 1.50. The van der Waals surface area contributed by atoms with Crippen LogP contribution in [0.25, 0.3) is 0 Å². The topological polar surface area (TPSA) is 102 Å². The second-order valence-corrected chi connectivity index (χ2v) is 11.5. The number of amides is 1. The number of nitrogens with one attached hydrogen (secondary N) is 1. The fraction of sp³-hybridized carbons (Fsp3) is 0.296. The summed E-state index contributed by atoms with van der Waals surface area (Å²) in [6.45, 7) is 1.83. The number of methoxy groups -OCH3 is 1. The summed E-state index contributed by atoms with van der Waals surface area (Å²) in [6.07, 6.45) is 1.13. The van der Waals surface area contributed by atoms with Gasteiger partial charge in [-0.05, 0) is 60.4 Å². The number of ketones is 1. The quantitative estimate of drug-likeness (QED) is 0.466. The molecule has 1 amide bonds. The van der Waals surface area contributed by atoms with Crippen LogP contribution in [0.1, 0.15) is 40.5 Å². The lowest BCUT2D eigenvalue weighted by molar-refractivity contribution is -0.115. The number of hydrogen-bond acceptors (Lipinski definition) is 6. The highest BCUT2D eigenvalue weighted by atomic mass is 35.5. The van der Waals surface area contributed by atoms with Crippen molar-refractivity contribution in [1.29, 1.82) is 0 Å². The van der Waals surface area contributed by atoms with E-state index in [2.05, 4.69) is 10.3 Å². The first-order chi connectivity index (χ1) is 17.2. The predicted octanol–water partition coefficient (Wildman–Crippen LogP) is 4.42. The lowest BCUT2D eigenvalue weighted by Gasteiger charge is -2.36. The van der Waals surface area contributed by atoms with E-state index in [0.717, 1.165) is 5.56 Å². The van der Waals surface area contributed by atoms with Crippen LogP contribution in [0.15, 0.2) is 65.6 Å². The zero-order valence-corrected chi connectivity index (χ0v) is 21.7. The highest BCUT2D eigenvalue weighted by Crippen LogP contribution is 2.39. The van der Waals surface area contributed by atoms with E-state index in [1.807, 2.05) is 12.1 Å². The van der Waals surface area contributed by atoms with Crippen LogP contribution < -0.4 is 5.32 Å². The van der Waals surface area contributed by atoms with Crippen LogP contribution in [-0.4, -0.2) is 44.6 Å². The average Bonchev–Trinajstić information content (AvgIpc) is 2.87. The SMILES string of the molecule is CCS(=O)(=O)c1ccc(CC(=O)Nc2ccc3c(n2)CCC(COC)(c2ccc(Cl)cc2)C3=O)cc1. The summed E-state index contributed by atoms with van der Waals surface area (Å²) in [6, 6.07) is 16.9. The van der Waals surface area contributed by atoms with Crippen molar-refractivity contribution in [1.82, 2.24) is 4.98 Å². The summed E-state index contributed by atoms with van der Waals surface area (Å²) in [5.74, 6) is 0.0273. The Bertz CT molecular complexity index is 1390. The van der Waals surface area contributed by atoms with Gasteiger partial charge in [-0.2, -0.15) is 0 Å². The number of aryl methyl sites for hydroxylation is 1. The van der Waals surface area contributed by atoms with Gasteiger partial charge in [0, 0.05) is 17.7 Å². The summed E-state index contributed by atoms with van der Waals surface area (Å²) < 4.78 is 29.4. The minimum absolute atomic E-state index is 0.0195. The van der Waals surface area contributed by atoms with Crippen molar-refractivity contribution in [3.63, 3.8) is 0 Å². The molecule has 1 heterocycles. The normalized spacial score (nSPS) is 17.5. The van der Waals surface area contributed by atoms with Crippen molar-refractivity contribution in [2.24, 2.45) is 0 Å². The van der Waals surface area contributed by atoms with Gasteiger partial charge in [-0.15, -0.1) is 0 Å². The van der Waals surface area contributed by atoms with E-state index in [0.29, 0.717) is 40.5 Å². The van der Waals surface area contributed by atoms with Gasteiger partial charge >= 0.3 is 0 Å². The molecule has 0 spiro atoms. The molecule has 0 bridgehead atoms. The first-order valence-electron chi connectivity index (χ1n) is 11.6. The highest BCUT2D eigenvalue weighted by molar-refractivity contribution is 7.91. The molecule has 2 aromatic carbocycles. The Kier molecular flexibility index (Phi) is 7.59. The lowest BCUT2D eigenvalue weighted by Crippen LogP contribution is -2.44. The molecule has 1 aliphatic carbocycles. The van der Waals surface area contributed by atoms with Crippen LogP contribution in [0, 0.1) is 0 Å². The molecule has 0 fully saturated rings. The summed E-state index contributed by atoms with van der Waals surface area (Å²) in [7, 11) is -1.71. The largest absolute Gasteiger partial charge is 0.383 e. The number of benzene rings is 2. The van der Waals surface area contributed by atoms with E-state index in [4.69, 9.17) is 16.3 Å². The molecule has 4 rings (SSSR count). The number of anilines is 1. The smallest absolute Gasteiger partial charge is 0.229 e. The second kappa shape index (κ2) is 10.5. The van der Waals surface area contributed by atoms with E-state index in [-0.39, 0.29) is 35.4 Å². The Labute approximate surface area is 215 Å².